The largest absolute Gasteiger partial charge is 0.387 e. The van der Waals surface area contributed by atoms with E-state index in [-0.39, 0.29) is 12.4 Å². The van der Waals surface area contributed by atoms with Crippen LogP contribution in [0.15, 0.2) is 36.5 Å². The molecule has 0 spiro atoms. The smallest absolute Gasteiger partial charge is 0.291 e. The number of hydrogen-bond donors (Lipinski definition) is 2. The monoisotopic (exact) mass is 331 g/mol. The van der Waals surface area contributed by atoms with Crippen molar-refractivity contribution in [2.45, 2.75) is 13.0 Å². The molecular weight excluding hydrogens is 318 g/mol. The first-order valence-corrected chi connectivity index (χ1v) is 7.33. The lowest BCUT2D eigenvalue weighted by molar-refractivity contribution is 0.0906. The molecule has 0 fully saturated rings. The molecule has 1 unspecified atom stereocenters. The van der Waals surface area contributed by atoms with Crippen LogP contribution in [0.25, 0.3) is 5.78 Å². The van der Waals surface area contributed by atoms with Crippen molar-refractivity contribution in [3.8, 4) is 0 Å². The molecule has 1 atom stereocenters. The van der Waals surface area contributed by atoms with Crippen molar-refractivity contribution in [2.24, 2.45) is 0 Å². The van der Waals surface area contributed by atoms with E-state index in [1.165, 1.54) is 4.52 Å². The molecule has 0 bridgehead atoms. The molecular formula is C15H14ClN5O2. The Labute approximate surface area is 137 Å². The van der Waals surface area contributed by atoms with E-state index in [4.69, 9.17) is 11.6 Å². The predicted molar refractivity (Wildman–Crippen MR) is 84.3 cm³/mol. The third-order valence-electron chi connectivity index (χ3n) is 3.35. The molecule has 0 saturated carbocycles. The minimum Gasteiger partial charge on any atom is -0.387 e. The van der Waals surface area contributed by atoms with Crippen LogP contribution in [-0.2, 0) is 0 Å². The van der Waals surface area contributed by atoms with Crippen LogP contribution in [0.1, 0.15) is 28.0 Å². The van der Waals surface area contributed by atoms with Gasteiger partial charge in [-0.25, -0.2) is 9.50 Å². The SMILES string of the molecule is Cc1ccnc2nc(C(=O)NCC(O)c3ccccc3Cl)nn12. The number of hydrogen-bond acceptors (Lipinski definition) is 5. The number of nitrogens with one attached hydrogen (secondary N) is 1. The Morgan fingerprint density at radius 1 is 1.39 bits per heavy atom. The molecule has 2 N–H and O–H groups in total. The second kappa shape index (κ2) is 6.31. The van der Waals surface area contributed by atoms with Gasteiger partial charge in [-0.3, -0.25) is 4.79 Å². The van der Waals surface area contributed by atoms with Crippen molar-refractivity contribution in [1.29, 1.82) is 0 Å². The molecule has 1 amide bonds. The molecule has 8 heteroatoms. The topological polar surface area (TPSA) is 92.4 Å². The normalized spacial score (nSPS) is 12.3. The summed E-state index contributed by atoms with van der Waals surface area (Å²) in [6, 6.07) is 8.69. The van der Waals surface area contributed by atoms with Gasteiger partial charge in [-0.05, 0) is 19.1 Å². The van der Waals surface area contributed by atoms with Gasteiger partial charge in [-0.1, -0.05) is 29.8 Å². The number of fused-ring (bicyclic) bond motifs is 1. The van der Waals surface area contributed by atoms with Gasteiger partial charge in [0.05, 0.1) is 6.10 Å². The first kappa shape index (κ1) is 15.4. The Hall–Kier alpha value is -2.51. The maximum Gasteiger partial charge on any atom is 0.291 e. The minimum atomic E-state index is -0.912. The van der Waals surface area contributed by atoms with Gasteiger partial charge >= 0.3 is 0 Å². The molecule has 1 aromatic carbocycles. The summed E-state index contributed by atoms with van der Waals surface area (Å²) in [5.74, 6) is -0.138. The first-order chi connectivity index (χ1) is 11.1. The molecule has 2 heterocycles. The molecule has 3 rings (SSSR count). The van der Waals surface area contributed by atoms with Crippen LogP contribution < -0.4 is 5.32 Å². The van der Waals surface area contributed by atoms with Crippen LogP contribution >= 0.6 is 11.6 Å². The van der Waals surface area contributed by atoms with E-state index in [9.17, 15) is 9.90 Å². The average Bonchev–Trinajstić information content (AvgIpc) is 2.98. The third kappa shape index (κ3) is 3.15. The number of aryl methyl sites for hydroxylation is 1. The summed E-state index contributed by atoms with van der Waals surface area (Å²) < 4.78 is 1.49. The zero-order valence-corrected chi connectivity index (χ0v) is 13.0. The number of aromatic nitrogens is 4. The van der Waals surface area contributed by atoms with E-state index in [1.807, 2.05) is 6.92 Å². The van der Waals surface area contributed by atoms with Crippen LogP contribution in [0.3, 0.4) is 0 Å². The van der Waals surface area contributed by atoms with Gasteiger partial charge in [-0.15, -0.1) is 5.10 Å². The standard InChI is InChI=1S/C15H14ClN5O2/c1-9-6-7-17-15-19-13(20-21(9)15)14(23)18-8-12(22)10-4-2-3-5-11(10)16/h2-7,12,22H,8H2,1H3,(H,18,23). The van der Waals surface area contributed by atoms with Crippen molar-refractivity contribution in [1.82, 2.24) is 24.9 Å². The highest BCUT2D eigenvalue weighted by Gasteiger charge is 2.17. The van der Waals surface area contributed by atoms with Gasteiger partial charge in [0.15, 0.2) is 0 Å². The van der Waals surface area contributed by atoms with Crippen LogP contribution in [-0.4, -0.2) is 37.1 Å². The number of rotatable bonds is 4. The zero-order valence-electron chi connectivity index (χ0n) is 12.3. The van der Waals surface area contributed by atoms with E-state index < -0.39 is 12.0 Å². The van der Waals surface area contributed by atoms with E-state index in [0.717, 1.165) is 5.69 Å². The molecule has 0 aliphatic carbocycles. The van der Waals surface area contributed by atoms with E-state index in [0.29, 0.717) is 16.4 Å². The van der Waals surface area contributed by atoms with Crippen LogP contribution in [0, 0.1) is 6.92 Å². The predicted octanol–water partition coefficient (Wildman–Crippen LogP) is 1.55. The first-order valence-electron chi connectivity index (χ1n) is 6.95. The van der Waals surface area contributed by atoms with Gasteiger partial charge in [0.2, 0.25) is 5.82 Å². The Morgan fingerprint density at radius 2 is 2.17 bits per heavy atom. The Bertz CT molecular complexity index is 864. The highest BCUT2D eigenvalue weighted by atomic mass is 35.5. The number of nitrogens with zero attached hydrogens (tertiary/aromatic N) is 4. The molecule has 7 nitrogen and oxygen atoms in total. The molecule has 0 aliphatic rings. The van der Waals surface area contributed by atoms with Gasteiger partial charge in [0.1, 0.15) is 0 Å². The van der Waals surface area contributed by atoms with Gasteiger partial charge in [0.25, 0.3) is 11.7 Å². The fourth-order valence-electron chi connectivity index (χ4n) is 2.13. The average molecular weight is 332 g/mol. The minimum absolute atomic E-state index is 0.00170. The molecule has 23 heavy (non-hydrogen) atoms. The van der Waals surface area contributed by atoms with Crippen molar-refractivity contribution in [3.63, 3.8) is 0 Å². The zero-order chi connectivity index (χ0) is 16.4. The van der Waals surface area contributed by atoms with Crippen LogP contribution in [0.5, 0.6) is 0 Å². The summed E-state index contributed by atoms with van der Waals surface area (Å²) in [5.41, 5.74) is 1.37. The molecule has 0 saturated heterocycles. The summed E-state index contributed by atoms with van der Waals surface area (Å²) in [4.78, 5) is 20.2. The highest BCUT2D eigenvalue weighted by Crippen LogP contribution is 2.21. The fourth-order valence-corrected chi connectivity index (χ4v) is 2.39. The molecule has 2 aromatic heterocycles. The van der Waals surface area contributed by atoms with Crippen molar-refractivity contribution in [2.75, 3.05) is 6.54 Å². The number of benzene rings is 1. The highest BCUT2D eigenvalue weighted by molar-refractivity contribution is 6.31. The van der Waals surface area contributed by atoms with Crippen LogP contribution in [0.2, 0.25) is 5.02 Å². The number of carbonyl (C=O) groups excluding carboxylic acids is 1. The third-order valence-corrected chi connectivity index (χ3v) is 3.70. The van der Waals surface area contributed by atoms with E-state index >= 15 is 0 Å². The van der Waals surface area contributed by atoms with Crippen LogP contribution in [0.4, 0.5) is 0 Å². The van der Waals surface area contributed by atoms with Crippen molar-refractivity contribution in [3.05, 3.63) is 58.6 Å². The maximum atomic E-state index is 12.1. The summed E-state index contributed by atoms with van der Waals surface area (Å²) >= 11 is 6.01. The number of amides is 1. The summed E-state index contributed by atoms with van der Waals surface area (Å²) in [5, 5.41) is 17.3. The lowest BCUT2D eigenvalue weighted by Crippen LogP contribution is -2.29. The summed E-state index contributed by atoms with van der Waals surface area (Å²) in [7, 11) is 0. The second-order valence-electron chi connectivity index (χ2n) is 4.98. The van der Waals surface area contributed by atoms with E-state index in [1.54, 1.807) is 36.5 Å². The van der Waals surface area contributed by atoms with Gasteiger partial charge in [0, 0.05) is 29.0 Å². The maximum absolute atomic E-state index is 12.1. The molecule has 118 valence electrons. The number of carbonyl (C=O) groups is 1. The van der Waals surface area contributed by atoms with Crippen molar-refractivity contribution >= 4 is 23.3 Å². The molecule has 0 aliphatic heterocycles. The quantitative estimate of drug-likeness (QED) is 0.756. The number of aliphatic hydroxyl groups excluding tert-OH is 1. The lowest BCUT2D eigenvalue weighted by atomic mass is 10.1. The second-order valence-corrected chi connectivity index (χ2v) is 5.39. The number of aliphatic hydroxyl groups is 1. The van der Waals surface area contributed by atoms with Gasteiger partial charge < -0.3 is 10.4 Å². The number of halogens is 1. The Kier molecular flexibility index (Phi) is 4.22. The Morgan fingerprint density at radius 3 is 2.91 bits per heavy atom. The fraction of sp³-hybridized carbons (Fsp3) is 0.200. The lowest BCUT2D eigenvalue weighted by Gasteiger charge is -2.12. The summed E-state index contributed by atoms with van der Waals surface area (Å²) in [6.45, 7) is 1.84. The summed E-state index contributed by atoms with van der Waals surface area (Å²) in [6.07, 6.45) is 0.687. The van der Waals surface area contributed by atoms with Gasteiger partial charge in [-0.2, -0.15) is 4.98 Å². The Balaban J connectivity index is 1.71. The van der Waals surface area contributed by atoms with Crippen molar-refractivity contribution < 1.29 is 9.90 Å². The molecule has 0 radical (unpaired) electrons. The molecule has 3 aromatic rings. The van der Waals surface area contributed by atoms with E-state index in [2.05, 4.69) is 20.4 Å².